The molecule has 0 saturated heterocycles. The molecule has 0 aliphatic heterocycles. The summed E-state index contributed by atoms with van der Waals surface area (Å²) in [7, 11) is 0. The van der Waals surface area contributed by atoms with Crippen LogP contribution < -0.4 is 10.6 Å². The standard InChI is InChI=1S/C19H36N2O2/c1-18(2,3)23-17(22)21-19(4,5)13-20-16-11-10-14-8-6-7-9-15(14)12-16/h14-16,20H,6-13H2,1-5H3,(H,21,22). The molecule has 0 heterocycles. The Morgan fingerprint density at radius 1 is 1.00 bits per heavy atom. The first-order chi connectivity index (χ1) is 10.6. The van der Waals surface area contributed by atoms with Crippen molar-refractivity contribution in [1.29, 1.82) is 0 Å². The number of hydrogen-bond donors (Lipinski definition) is 2. The monoisotopic (exact) mass is 324 g/mol. The minimum Gasteiger partial charge on any atom is -0.444 e. The Labute approximate surface area is 142 Å². The zero-order valence-electron chi connectivity index (χ0n) is 15.7. The number of nitrogens with one attached hydrogen (secondary N) is 2. The van der Waals surface area contributed by atoms with E-state index in [0.717, 1.165) is 18.4 Å². The summed E-state index contributed by atoms with van der Waals surface area (Å²) in [6, 6.07) is 0.606. The molecule has 23 heavy (non-hydrogen) atoms. The van der Waals surface area contributed by atoms with E-state index in [1.165, 1.54) is 44.9 Å². The first kappa shape index (κ1) is 18.6. The topological polar surface area (TPSA) is 50.4 Å². The van der Waals surface area contributed by atoms with Gasteiger partial charge < -0.3 is 15.4 Å². The van der Waals surface area contributed by atoms with E-state index in [0.29, 0.717) is 6.04 Å². The van der Waals surface area contributed by atoms with Crippen LogP contribution in [0.25, 0.3) is 0 Å². The normalized spacial score (nSPS) is 28.8. The van der Waals surface area contributed by atoms with Crippen molar-refractivity contribution in [3.63, 3.8) is 0 Å². The fourth-order valence-electron chi connectivity index (χ4n) is 4.08. The van der Waals surface area contributed by atoms with Gasteiger partial charge in [0.1, 0.15) is 5.60 Å². The second-order valence-electron chi connectivity index (χ2n) is 9.21. The molecule has 0 aromatic heterocycles. The molecule has 0 radical (unpaired) electrons. The van der Waals surface area contributed by atoms with Crippen LogP contribution in [0.5, 0.6) is 0 Å². The zero-order valence-corrected chi connectivity index (χ0v) is 15.7. The molecule has 134 valence electrons. The lowest BCUT2D eigenvalue weighted by molar-refractivity contribution is 0.0467. The van der Waals surface area contributed by atoms with E-state index in [1.807, 2.05) is 20.8 Å². The Hall–Kier alpha value is -0.770. The number of fused-ring (bicyclic) bond motifs is 1. The highest BCUT2D eigenvalue weighted by molar-refractivity contribution is 5.68. The second kappa shape index (κ2) is 7.42. The Balaban J connectivity index is 1.74. The summed E-state index contributed by atoms with van der Waals surface area (Å²) in [5, 5.41) is 6.68. The van der Waals surface area contributed by atoms with Gasteiger partial charge in [0.25, 0.3) is 0 Å². The number of carbonyl (C=O) groups is 1. The molecule has 4 nitrogen and oxygen atoms in total. The molecule has 0 bridgehead atoms. The molecule has 0 spiro atoms. The number of rotatable bonds is 4. The van der Waals surface area contributed by atoms with Crippen LogP contribution in [0.15, 0.2) is 0 Å². The third kappa shape index (κ3) is 6.33. The Morgan fingerprint density at radius 3 is 2.30 bits per heavy atom. The molecule has 3 atom stereocenters. The molecule has 1 amide bonds. The van der Waals surface area contributed by atoms with E-state index in [4.69, 9.17) is 4.74 Å². The average molecular weight is 325 g/mol. The van der Waals surface area contributed by atoms with Crippen LogP contribution in [0.2, 0.25) is 0 Å². The number of alkyl carbamates (subject to hydrolysis) is 1. The van der Waals surface area contributed by atoms with Gasteiger partial charge in [-0.2, -0.15) is 0 Å². The summed E-state index contributed by atoms with van der Waals surface area (Å²) in [5.41, 5.74) is -0.751. The van der Waals surface area contributed by atoms with E-state index >= 15 is 0 Å². The van der Waals surface area contributed by atoms with E-state index in [9.17, 15) is 4.79 Å². The van der Waals surface area contributed by atoms with E-state index in [2.05, 4.69) is 24.5 Å². The fraction of sp³-hybridized carbons (Fsp3) is 0.947. The first-order valence-corrected chi connectivity index (χ1v) is 9.39. The van der Waals surface area contributed by atoms with Crippen LogP contribution in [-0.4, -0.2) is 29.8 Å². The van der Waals surface area contributed by atoms with Crippen LogP contribution >= 0.6 is 0 Å². The second-order valence-corrected chi connectivity index (χ2v) is 9.21. The highest BCUT2D eigenvalue weighted by Gasteiger charge is 2.33. The number of hydrogen-bond acceptors (Lipinski definition) is 3. The lowest BCUT2D eigenvalue weighted by Crippen LogP contribution is -2.54. The summed E-state index contributed by atoms with van der Waals surface area (Å²) in [6.45, 7) is 10.6. The van der Waals surface area contributed by atoms with Gasteiger partial charge in [-0.1, -0.05) is 25.7 Å². The Kier molecular flexibility index (Phi) is 5.99. The molecule has 0 aromatic carbocycles. The molecule has 2 aliphatic rings. The van der Waals surface area contributed by atoms with Crippen molar-refractivity contribution in [2.24, 2.45) is 11.8 Å². The van der Waals surface area contributed by atoms with Gasteiger partial charge in [0.15, 0.2) is 0 Å². The van der Waals surface area contributed by atoms with Gasteiger partial charge >= 0.3 is 6.09 Å². The molecular formula is C19H36N2O2. The zero-order chi connectivity index (χ0) is 17.1. The van der Waals surface area contributed by atoms with E-state index < -0.39 is 5.60 Å². The summed E-state index contributed by atoms with van der Waals surface area (Å²) >= 11 is 0. The summed E-state index contributed by atoms with van der Waals surface area (Å²) < 4.78 is 5.36. The quantitative estimate of drug-likeness (QED) is 0.813. The van der Waals surface area contributed by atoms with Crippen molar-refractivity contribution in [3.8, 4) is 0 Å². The average Bonchev–Trinajstić information content (AvgIpc) is 2.42. The van der Waals surface area contributed by atoms with Crippen LogP contribution in [-0.2, 0) is 4.74 Å². The highest BCUT2D eigenvalue weighted by atomic mass is 16.6. The number of ether oxygens (including phenoxy) is 1. The summed E-state index contributed by atoms with van der Waals surface area (Å²) in [6.07, 6.45) is 9.36. The van der Waals surface area contributed by atoms with Gasteiger partial charge in [0.2, 0.25) is 0 Å². The smallest absolute Gasteiger partial charge is 0.408 e. The van der Waals surface area contributed by atoms with Crippen LogP contribution in [0.3, 0.4) is 0 Å². The molecule has 0 aromatic rings. The van der Waals surface area contributed by atoms with Crippen molar-refractivity contribution in [1.82, 2.24) is 10.6 Å². The van der Waals surface area contributed by atoms with Crippen molar-refractivity contribution < 1.29 is 9.53 Å². The molecule has 2 saturated carbocycles. The van der Waals surface area contributed by atoms with Gasteiger partial charge in [0.05, 0.1) is 5.54 Å². The van der Waals surface area contributed by atoms with Gasteiger partial charge in [-0.05, 0) is 65.7 Å². The molecule has 2 aliphatic carbocycles. The third-order valence-electron chi connectivity index (χ3n) is 5.21. The predicted octanol–water partition coefficient (Wildman–Crippen LogP) is 4.24. The third-order valence-corrected chi connectivity index (χ3v) is 5.21. The maximum atomic E-state index is 12.0. The predicted molar refractivity (Wildman–Crippen MR) is 94.5 cm³/mol. The first-order valence-electron chi connectivity index (χ1n) is 9.39. The van der Waals surface area contributed by atoms with Crippen molar-refractivity contribution >= 4 is 6.09 Å². The molecule has 2 fully saturated rings. The van der Waals surface area contributed by atoms with Gasteiger partial charge in [-0.3, -0.25) is 0 Å². The fourth-order valence-corrected chi connectivity index (χ4v) is 4.08. The lowest BCUT2D eigenvalue weighted by Gasteiger charge is -2.40. The van der Waals surface area contributed by atoms with Crippen LogP contribution in [0.1, 0.15) is 79.6 Å². The molecule has 3 unspecified atom stereocenters. The Bertz CT molecular complexity index is 401. The molecule has 2 N–H and O–H groups in total. The Morgan fingerprint density at radius 2 is 1.65 bits per heavy atom. The van der Waals surface area contributed by atoms with Crippen molar-refractivity contribution in [2.45, 2.75) is 96.7 Å². The highest BCUT2D eigenvalue weighted by Crippen LogP contribution is 2.40. The van der Waals surface area contributed by atoms with Crippen LogP contribution in [0, 0.1) is 11.8 Å². The minimum absolute atomic E-state index is 0.300. The minimum atomic E-state index is -0.451. The van der Waals surface area contributed by atoms with E-state index in [-0.39, 0.29) is 11.6 Å². The molecule has 4 heteroatoms. The van der Waals surface area contributed by atoms with Crippen LogP contribution in [0.4, 0.5) is 4.79 Å². The summed E-state index contributed by atoms with van der Waals surface area (Å²) in [5.74, 6) is 1.91. The summed E-state index contributed by atoms with van der Waals surface area (Å²) in [4.78, 5) is 12.0. The van der Waals surface area contributed by atoms with Crippen molar-refractivity contribution in [2.75, 3.05) is 6.54 Å². The number of carbonyl (C=O) groups excluding carboxylic acids is 1. The molecular weight excluding hydrogens is 288 g/mol. The van der Waals surface area contributed by atoms with Crippen molar-refractivity contribution in [3.05, 3.63) is 0 Å². The lowest BCUT2D eigenvalue weighted by atomic mass is 9.69. The maximum Gasteiger partial charge on any atom is 0.408 e. The van der Waals surface area contributed by atoms with E-state index in [1.54, 1.807) is 0 Å². The SMILES string of the molecule is CC(C)(CNC1CCC2CCCCC2C1)NC(=O)OC(C)(C)C. The number of amides is 1. The maximum absolute atomic E-state index is 12.0. The van der Waals surface area contributed by atoms with Gasteiger partial charge in [-0.25, -0.2) is 4.79 Å². The largest absolute Gasteiger partial charge is 0.444 e. The van der Waals surface area contributed by atoms with Gasteiger partial charge in [-0.15, -0.1) is 0 Å². The van der Waals surface area contributed by atoms with Gasteiger partial charge in [0, 0.05) is 12.6 Å². The molecule has 2 rings (SSSR count).